The van der Waals surface area contributed by atoms with E-state index in [0.29, 0.717) is 28.1 Å². The van der Waals surface area contributed by atoms with Gasteiger partial charge in [0.2, 0.25) is 0 Å². The first-order valence-corrected chi connectivity index (χ1v) is 27.1. The summed E-state index contributed by atoms with van der Waals surface area (Å²) in [7, 11) is 0. The van der Waals surface area contributed by atoms with Gasteiger partial charge < -0.3 is 0 Å². The summed E-state index contributed by atoms with van der Waals surface area (Å²) in [5.74, 6) is -0.488. The average molecular weight is 718 g/mol. The molecule has 2 aromatic carbocycles. The number of Topliss-reactive ketones (excluding diaryl/α,β-unsaturated/α-hetero) is 1. The Bertz CT molecular complexity index is 910. The second kappa shape index (κ2) is 13.9. The number of ketones is 1. The van der Waals surface area contributed by atoms with Crippen LogP contribution in [0.25, 0.3) is 0 Å². The van der Waals surface area contributed by atoms with E-state index in [1.165, 1.54) is 5.56 Å². The molecule has 0 radical (unpaired) electrons. The maximum atomic E-state index is 13.1. The van der Waals surface area contributed by atoms with Crippen molar-refractivity contribution in [2.45, 2.75) is 62.0 Å². The first-order chi connectivity index (χ1) is 16.4. The summed E-state index contributed by atoms with van der Waals surface area (Å²) in [5.41, 5.74) is 1.61. The fourth-order valence-corrected chi connectivity index (χ4v) is 13.3. The van der Waals surface area contributed by atoms with Crippen molar-refractivity contribution < 1.29 is 45.9 Å². The fraction of sp³-hybridized carbons (Fsp3) is 0.481. The van der Waals surface area contributed by atoms with E-state index in [4.69, 9.17) is 14.2 Å². The van der Waals surface area contributed by atoms with Gasteiger partial charge in [0.15, 0.2) is 0 Å². The monoisotopic (exact) mass is 718 g/mol. The summed E-state index contributed by atoms with van der Waals surface area (Å²) in [6.45, 7) is 7.06. The zero-order valence-electron chi connectivity index (χ0n) is 20.2. The van der Waals surface area contributed by atoms with E-state index in [2.05, 4.69) is 31.0 Å². The number of benzene rings is 2. The third kappa shape index (κ3) is 7.71. The zero-order valence-corrected chi connectivity index (χ0v) is 27.3. The quantitative estimate of drug-likeness (QED) is 0.210. The molecule has 1 heterocycles. The van der Waals surface area contributed by atoms with Crippen molar-refractivity contribution in [2.75, 3.05) is 6.61 Å². The Labute approximate surface area is 220 Å². The molecular weight excluding hydrogens is 685 g/mol. The van der Waals surface area contributed by atoms with Gasteiger partial charge in [0, 0.05) is 0 Å². The van der Waals surface area contributed by atoms with Gasteiger partial charge >= 0.3 is 216 Å². The Morgan fingerprint density at radius 1 is 1.06 bits per heavy atom. The summed E-state index contributed by atoms with van der Waals surface area (Å²) in [6.07, 6.45) is 0.955. The first-order valence-electron chi connectivity index (χ1n) is 12.0. The van der Waals surface area contributed by atoms with Crippen LogP contribution in [0.3, 0.4) is 0 Å². The van der Waals surface area contributed by atoms with Crippen LogP contribution in [0.15, 0.2) is 60.7 Å². The van der Waals surface area contributed by atoms with Crippen molar-refractivity contribution in [3.8, 4) is 0 Å². The molecule has 0 unspecified atom stereocenters. The Kier molecular flexibility index (Phi) is 11.2. The van der Waals surface area contributed by atoms with E-state index in [1.54, 1.807) is 31.2 Å². The van der Waals surface area contributed by atoms with Gasteiger partial charge in [-0.2, -0.15) is 0 Å². The Hall–Kier alpha value is -1.08. The predicted molar refractivity (Wildman–Crippen MR) is 131 cm³/mol. The number of hydrogen-bond acceptors (Lipinski definition) is 5. The van der Waals surface area contributed by atoms with Gasteiger partial charge in [-0.15, -0.1) is 0 Å². The van der Waals surface area contributed by atoms with Crippen LogP contribution in [0.1, 0.15) is 49.5 Å². The second-order valence-corrected chi connectivity index (χ2v) is 20.2. The molecule has 1 aliphatic heterocycles. The van der Waals surface area contributed by atoms with Gasteiger partial charge in [-0.25, -0.2) is 0 Å². The predicted octanol–water partition coefficient (Wildman–Crippen LogP) is 6.02. The number of halogens is 1. The number of hydrogen-bond donors (Lipinski definition) is 0. The summed E-state index contributed by atoms with van der Waals surface area (Å²) in [6, 6.07) is 19.0. The molecule has 34 heavy (non-hydrogen) atoms. The van der Waals surface area contributed by atoms with E-state index >= 15 is 0 Å². The molecule has 0 saturated carbocycles. The topological polar surface area (TPSA) is 61.8 Å². The second-order valence-electron chi connectivity index (χ2n) is 9.21. The van der Waals surface area contributed by atoms with Crippen LogP contribution in [-0.4, -0.2) is 36.7 Å². The molecule has 2 aromatic rings. The number of rotatable bonds is 11. The van der Waals surface area contributed by atoms with E-state index in [-0.39, 0.29) is 23.9 Å². The minimum atomic E-state index is -1.37. The van der Waals surface area contributed by atoms with Crippen molar-refractivity contribution in [3.63, 3.8) is 0 Å². The van der Waals surface area contributed by atoms with Crippen molar-refractivity contribution in [3.05, 3.63) is 71.8 Å². The number of esters is 1. The summed E-state index contributed by atoms with van der Waals surface area (Å²) in [5, 5.41) is 0. The van der Waals surface area contributed by atoms with Crippen molar-refractivity contribution in [2.24, 2.45) is 11.8 Å². The molecule has 7 heteroatoms. The maximum absolute atomic E-state index is 13.1. The minimum absolute atomic E-state index is 0.0907. The Morgan fingerprint density at radius 2 is 1.71 bits per heavy atom. The van der Waals surface area contributed by atoms with Crippen LogP contribution in [0.5, 0.6) is 0 Å². The van der Waals surface area contributed by atoms with Crippen LogP contribution in [-0.2, 0) is 47.8 Å². The molecule has 0 spiro atoms. The van der Waals surface area contributed by atoms with Crippen molar-refractivity contribution >= 4 is 23.7 Å². The standard InChI is InChI=1S/C27H33O5.BrH.Hg/c1-19-14-15-25(32-24(19)16-17-30-18-22-10-6-4-7-11-22)20(2)26(28)21(3)31-27(29)23-12-8-5-9-13-23;;/h4-13,16,19-21,24-25H,14-15,17-18H2,1-3H3;1H;/q;;+1/p-1/t19-,20-,21+,24-,25-;;/m0../s1. The molecule has 1 fully saturated rings. The first kappa shape index (κ1) is 27.5. The number of ether oxygens (including phenoxy) is 3. The Morgan fingerprint density at radius 3 is 2.35 bits per heavy atom. The van der Waals surface area contributed by atoms with E-state index in [9.17, 15) is 9.59 Å². The zero-order chi connectivity index (χ0) is 24.5. The molecule has 0 amide bonds. The summed E-state index contributed by atoms with van der Waals surface area (Å²) >= 11 is 2.50. The fourth-order valence-electron chi connectivity index (χ4n) is 4.48. The van der Waals surface area contributed by atoms with E-state index < -0.39 is 34.2 Å². The van der Waals surface area contributed by atoms with Crippen molar-refractivity contribution in [1.29, 1.82) is 0 Å². The van der Waals surface area contributed by atoms with Crippen LogP contribution >= 0.6 is 11.9 Å². The van der Waals surface area contributed by atoms with Gasteiger partial charge in [0.05, 0.1) is 0 Å². The molecule has 6 atom stereocenters. The van der Waals surface area contributed by atoms with Crippen molar-refractivity contribution in [1.82, 2.24) is 0 Å². The van der Waals surface area contributed by atoms with Crippen LogP contribution in [0.4, 0.5) is 0 Å². The molecule has 5 nitrogen and oxygen atoms in total. The van der Waals surface area contributed by atoms with E-state index in [0.717, 1.165) is 12.8 Å². The van der Waals surface area contributed by atoms with Crippen LogP contribution < -0.4 is 0 Å². The summed E-state index contributed by atoms with van der Waals surface area (Å²) < 4.78 is 18.5. The molecule has 3 rings (SSSR count). The normalized spacial score (nSPS) is 22.8. The molecule has 0 aliphatic carbocycles. The number of carbonyl (C=O) groups is 2. The molecule has 1 aliphatic rings. The van der Waals surface area contributed by atoms with Gasteiger partial charge in [0.25, 0.3) is 0 Å². The molecule has 180 valence electrons. The number of carbonyl (C=O) groups excluding carboxylic acids is 2. The molecule has 0 bridgehead atoms. The molecule has 0 N–H and O–H groups in total. The third-order valence-corrected chi connectivity index (χ3v) is 18.2. The van der Waals surface area contributed by atoms with E-state index in [1.807, 2.05) is 31.2 Å². The Balaban J connectivity index is 1.55. The summed E-state index contributed by atoms with van der Waals surface area (Å²) in [4.78, 5) is 25.5. The SMILES string of the molecule is C[C@H](C(=O)[C@@H](C)OC(=O)c1ccccc1)[C@@H]1CC[C@H](C)[C@H]([C@H](COCc2ccccc2)[Hg][Br])O1. The van der Waals surface area contributed by atoms with Gasteiger partial charge in [0.1, 0.15) is 0 Å². The molecule has 1 saturated heterocycles. The third-order valence-electron chi connectivity index (χ3n) is 6.61. The molecular formula is C27H33BrHgO5. The average Bonchev–Trinajstić information content (AvgIpc) is 2.87. The van der Waals surface area contributed by atoms with Crippen LogP contribution in [0.2, 0.25) is 3.43 Å². The van der Waals surface area contributed by atoms with Gasteiger partial charge in [-0.3, -0.25) is 0 Å². The molecule has 0 aromatic heterocycles. The van der Waals surface area contributed by atoms with Gasteiger partial charge in [-0.1, -0.05) is 6.07 Å². The van der Waals surface area contributed by atoms with Crippen LogP contribution in [0, 0.1) is 11.8 Å². The van der Waals surface area contributed by atoms with Gasteiger partial charge in [-0.05, 0) is 0 Å².